The van der Waals surface area contributed by atoms with Crippen LogP contribution in [-0.4, -0.2) is 30.6 Å². The van der Waals surface area contributed by atoms with Gasteiger partial charge in [0.25, 0.3) is 0 Å². The highest BCUT2D eigenvalue weighted by atomic mass is 19.1. The number of ether oxygens (including phenoxy) is 4. The van der Waals surface area contributed by atoms with E-state index >= 15 is 4.39 Å². The van der Waals surface area contributed by atoms with Gasteiger partial charge in [-0.3, -0.25) is 4.39 Å². The molecule has 0 unspecified atom stereocenters. The lowest BCUT2D eigenvalue weighted by atomic mass is 9.96. The fourth-order valence-electron chi connectivity index (χ4n) is 3.93. The first-order chi connectivity index (χ1) is 24.0. The maximum Gasteiger partial charge on any atom is 0.337 e. The van der Waals surface area contributed by atoms with Crippen LogP contribution in [0.2, 0.25) is 0 Å². The molecule has 3 rings (SSSR count). The molecular weight excluding hydrogens is 646 g/mol. The Labute approximate surface area is 288 Å². The summed E-state index contributed by atoms with van der Waals surface area (Å²) in [6.45, 7) is 14.3. The summed E-state index contributed by atoms with van der Waals surface area (Å²) in [6.07, 6.45) is 5.19. The normalized spacial score (nSPS) is 9.98. The van der Waals surface area contributed by atoms with Gasteiger partial charge in [-0.1, -0.05) is 62.1 Å². The van der Waals surface area contributed by atoms with Gasteiger partial charge in [0.15, 0.2) is 17.3 Å². The second-order valence-corrected chi connectivity index (χ2v) is 10.0. The summed E-state index contributed by atoms with van der Waals surface area (Å²) < 4.78 is 50.7. The molecule has 10 heteroatoms. The van der Waals surface area contributed by atoms with Crippen molar-refractivity contribution in [1.82, 2.24) is 0 Å². The summed E-state index contributed by atoms with van der Waals surface area (Å²) in [5.74, 6) is 5.82. The van der Waals surface area contributed by atoms with E-state index in [-0.39, 0.29) is 41.0 Å². The summed E-state index contributed by atoms with van der Waals surface area (Å²) in [7, 11) is 0. The van der Waals surface area contributed by atoms with Gasteiger partial charge in [0.2, 0.25) is 0 Å². The molecule has 0 saturated heterocycles. The quantitative estimate of drug-likeness (QED) is 0.0672. The Morgan fingerprint density at radius 2 is 1.26 bits per heavy atom. The molecule has 0 aliphatic heterocycles. The van der Waals surface area contributed by atoms with Crippen molar-refractivity contribution in [2.24, 2.45) is 0 Å². The number of hydrogen-bond donors (Lipinski definition) is 0. The number of carbonyl (C=O) groups is 4. The molecule has 0 aliphatic rings. The maximum atomic E-state index is 16.4. The number of esters is 4. The maximum absolute atomic E-state index is 16.4. The summed E-state index contributed by atoms with van der Waals surface area (Å²) in [6, 6.07) is 12.5. The van der Waals surface area contributed by atoms with Crippen molar-refractivity contribution in [3.8, 4) is 40.9 Å². The lowest BCUT2D eigenvalue weighted by Gasteiger charge is -2.18. The van der Waals surface area contributed by atoms with Gasteiger partial charge in [-0.25, -0.2) is 23.6 Å². The highest BCUT2D eigenvalue weighted by Gasteiger charge is 2.27. The number of halogens is 2. The molecule has 0 N–H and O–H groups in total. The SMILES string of the molecule is C=CC(=O)Oc1ccc(C#Cc2c(CCCF)c(OC(=O)C=C)c(C#Cc3ccc(/C=C/OC(=O)C(=C)C)cc3)c(F)c2OC(=O)C=C)cc1. The second-order valence-electron chi connectivity index (χ2n) is 10.0. The van der Waals surface area contributed by atoms with Crippen molar-refractivity contribution >= 4 is 30.0 Å². The van der Waals surface area contributed by atoms with Gasteiger partial charge >= 0.3 is 23.9 Å². The van der Waals surface area contributed by atoms with Crippen molar-refractivity contribution in [3.63, 3.8) is 0 Å². The molecular formula is C40H30F2O8. The highest BCUT2D eigenvalue weighted by Crippen LogP contribution is 2.39. The van der Waals surface area contributed by atoms with Crippen LogP contribution < -0.4 is 14.2 Å². The topological polar surface area (TPSA) is 105 Å². The van der Waals surface area contributed by atoms with Crippen molar-refractivity contribution in [2.45, 2.75) is 19.8 Å². The van der Waals surface area contributed by atoms with E-state index < -0.39 is 47.7 Å². The Morgan fingerprint density at radius 1 is 0.740 bits per heavy atom. The van der Waals surface area contributed by atoms with E-state index in [2.05, 4.69) is 50.0 Å². The molecule has 0 fully saturated rings. The molecule has 0 bridgehead atoms. The second kappa shape index (κ2) is 18.5. The Morgan fingerprint density at radius 3 is 1.80 bits per heavy atom. The molecule has 3 aromatic rings. The van der Waals surface area contributed by atoms with Crippen molar-refractivity contribution in [1.29, 1.82) is 0 Å². The first-order valence-electron chi connectivity index (χ1n) is 14.7. The van der Waals surface area contributed by atoms with E-state index in [0.717, 1.165) is 18.2 Å². The number of alkyl halides is 1. The fourth-order valence-corrected chi connectivity index (χ4v) is 3.93. The van der Waals surface area contributed by atoms with Gasteiger partial charge in [0, 0.05) is 40.5 Å². The molecule has 50 heavy (non-hydrogen) atoms. The number of rotatable bonds is 12. The van der Waals surface area contributed by atoms with E-state index in [4.69, 9.17) is 18.9 Å². The number of hydrogen-bond acceptors (Lipinski definition) is 8. The number of carbonyl (C=O) groups excluding carboxylic acids is 4. The van der Waals surface area contributed by atoms with Gasteiger partial charge in [-0.05, 0) is 67.8 Å². The lowest BCUT2D eigenvalue weighted by molar-refractivity contribution is -0.133. The Bertz CT molecular complexity index is 2000. The zero-order valence-corrected chi connectivity index (χ0v) is 27.0. The summed E-state index contributed by atoms with van der Waals surface area (Å²) in [5, 5.41) is 0. The summed E-state index contributed by atoms with van der Waals surface area (Å²) in [4.78, 5) is 47.9. The lowest BCUT2D eigenvalue weighted by Crippen LogP contribution is -2.14. The molecule has 3 aromatic carbocycles. The molecule has 0 amide bonds. The van der Waals surface area contributed by atoms with Crippen LogP contribution in [0, 0.1) is 29.5 Å². The van der Waals surface area contributed by atoms with Crippen LogP contribution in [0.4, 0.5) is 8.78 Å². The minimum atomic E-state index is -1.18. The van der Waals surface area contributed by atoms with E-state index in [1.54, 1.807) is 24.3 Å². The third kappa shape index (κ3) is 10.6. The van der Waals surface area contributed by atoms with Gasteiger partial charge in [0.05, 0.1) is 18.5 Å². The first kappa shape index (κ1) is 37.7. The molecule has 0 aliphatic carbocycles. The van der Waals surface area contributed by atoms with Crippen molar-refractivity contribution in [3.05, 3.63) is 144 Å². The highest BCUT2D eigenvalue weighted by molar-refractivity contribution is 5.88. The zero-order chi connectivity index (χ0) is 36.6. The molecule has 0 heterocycles. The smallest absolute Gasteiger partial charge is 0.337 e. The summed E-state index contributed by atoms with van der Waals surface area (Å²) >= 11 is 0. The third-order valence-electron chi connectivity index (χ3n) is 6.35. The largest absolute Gasteiger partial charge is 0.431 e. The van der Waals surface area contributed by atoms with Crippen LogP contribution in [0.15, 0.2) is 105 Å². The molecule has 0 aromatic heterocycles. The van der Waals surface area contributed by atoms with Crippen molar-refractivity contribution in [2.75, 3.05) is 6.67 Å². The van der Waals surface area contributed by atoms with Gasteiger partial charge in [-0.2, -0.15) is 0 Å². The zero-order valence-electron chi connectivity index (χ0n) is 27.0. The Balaban J connectivity index is 2.21. The molecule has 0 spiro atoms. The van der Waals surface area contributed by atoms with Gasteiger partial charge in [-0.15, -0.1) is 0 Å². The van der Waals surface area contributed by atoms with Crippen LogP contribution in [0.5, 0.6) is 17.2 Å². The predicted octanol–water partition coefficient (Wildman–Crippen LogP) is 6.89. The van der Waals surface area contributed by atoms with Gasteiger partial charge < -0.3 is 18.9 Å². The predicted molar refractivity (Wildman–Crippen MR) is 183 cm³/mol. The summed E-state index contributed by atoms with van der Waals surface area (Å²) in [5.41, 5.74) is 1.05. The Hall–Kier alpha value is -6.78. The van der Waals surface area contributed by atoms with Crippen LogP contribution in [-0.2, 0) is 30.3 Å². The Kier molecular flexibility index (Phi) is 14.0. The van der Waals surface area contributed by atoms with Crippen LogP contribution >= 0.6 is 0 Å². The van der Waals surface area contributed by atoms with Crippen LogP contribution in [0.1, 0.15) is 46.7 Å². The fraction of sp³-hybridized carbons (Fsp3) is 0.100. The molecule has 252 valence electrons. The molecule has 0 atom stereocenters. The van der Waals surface area contributed by atoms with E-state index in [9.17, 15) is 23.6 Å². The van der Waals surface area contributed by atoms with Crippen molar-refractivity contribution < 1.29 is 46.9 Å². The first-order valence-corrected chi connectivity index (χ1v) is 14.7. The monoisotopic (exact) mass is 676 g/mol. The minimum absolute atomic E-state index is 0.0456. The molecule has 0 radical (unpaired) electrons. The third-order valence-corrected chi connectivity index (χ3v) is 6.35. The molecule has 8 nitrogen and oxygen atoms in total. The van der Waals surface area contributed by atoms with E-state index in [1.165, 1.54) is 43.5 Å². The van der Waals surface area contributed by atoms with Crippen LogP contribution in [0.25, 0.3) is 6.08 Å². The minimum Gasteiger partial charge on any atom is -0.431 e. The number of benzene rings is 3. The average molecular weight is 677 g/mol. The standard InChI is InChI=1S/C40H30F2O8/c1-6-34(43)48-30-19-15-28(16-20-30)17-21-32-31(10-9-24-41)38(49-35(44)7-2)33(37(42)39(32)50-36(45)8-3)22-18-27-11-13-29(14-12-27)23-25-47-40(46)26(4)5/h6-8,11-16,19-20,23,25H,1-4,9-10,24H2,5H3/b25-23+. The van der Waals surface area contributed by atoms with Crippen LogP contribution in [0.3, 0.4) is 0 Å². The van der Waals surface area contributed by atoms with Gasteiger partial charge in [0.1, 0.15) is 11.3 Å². The van der Waals surface area contributed by atoms with E-state index in [1.807, 2.05) is 0 Å². The average Bonchev–Trinajstić information content (AvgIpc) is 3.12. The molecule has 0 saturated carbocycles. The van der Waals surface area contributed by atoms with E-state index in [0.29, 0.717) is 16.7 Å².